The van der Waals surface area contributed by atoms with Gasteiger partial charge in [-0.15, -0.1) is 11.3 Å². The number of carbonyl (C=O) groups is 1. The predicted octanol–water partition coefficient (Wildman–Crippen LogP) is 2.86. The minimum absolute atomic E-state index is 0.130. The first kappa shape index (κ1) is 13.6. The van der Waals surface area contributed by atoms with Crippen LogP contribution in [0.3, 0.4) is 0 Å². The lowest BCUT2D eigenvalue weighted by Crippen LogP contribution is -2.17. The molecule has 2 rings (SSSR count). The number of nitrogens with one attached hydrogen (secondary N) is 1. The van der Waals surface area contributed by atoms with E-state index in [-0.39, 0.29) is 18.4 Å². The molecule has 0 aliphatic rings. The van der Waals surface area contributed by atoms with Gasteiger partial charge in [-0.3, -0.25) is 9.48 Å². The van der Waals surface area contributed by atoms with Crippen LogP contribution in [-0.4, -0.2) is 15.7 Å². The average Bonchev–Trinajstić information content (AvgIpc) is 2.98. The number of nitrogens with zero attached hydrogens (tertiary/aromatic N) is 3. The van der Waals surface area contributed by atoms with E-state index in [4.69, 9.17) is 16.9 Å². The number of amides is 1. The van der Waals surface area contributed by atoms with Gasteiger partial charge in [0.25, 0.3) is 0 Å². The van der Waals surface area contributed by atoms with Gasteiger partial charge in [0, 0.05) is 11.1 Å². The van der Waals surface area contributed by atoms with Crippen molar-refractivity contribution < 1.29 is 4.79 Å². The SMILES string of the molecule is C[C@@H](C(=O)Nc1cnn(CC#N)c1)c1ccc(Cl)s1. The largest absolute Gasteiger partial charge is 0.323 e. The monoisotopic (exact) mass is 294 g/mol. The first-order chi connectivity index (χ1) is 9.10. The number of carbonyl (C=O) groups excluding carboxylic acids is 1. The zero-order valence-corrected chi connectivity index (χ0v) is 11.7. The van der Waals surface area contributed by atoms with Gasteiger partial charge >= 0.3 is 0 Å². The molecule has 19 heavy (non-hydrogen) atoms. The summed E-state index contributed by atoms with van der Waals surface area (Å²) in [7, 11) is 0. The zero-order chi connectivity index (χ0) is 13.8. The van der Waals surface area contributed by atoms with Crippen molar-refractivity contribution in [2.24, 2.45) is 0 Å². The van der Waals surface area contributed by atoms with E-state index in [1.165, 1.54) is 22.2 Å². The van der Waals surface area contributed by atoms with Crippen molar-refractivity contribution in [3.8, 4) is 6.07 Å². The second-order valence-corrected chi connectivity index (χ2v) is 5.68. The highest BCUT2D eigenvalue weighted by Crippen LogP contribution is 2.28. The summed E-state index contributed by atoms with van der Waals surface area (Å²) in [5, 5.41) is 15.3. The third kappa shape index (κ3) is 3.34. The Balaban J connectivity index is 2.02. The Kier molecular flexibility index (Phi) is 4.20. The molecule has 0 spiro atoms. The molecule has 1 amide bonds. The minimum Gasteiger partial charge on any atom is -0.323 e. The topological polar surface area (TPSA) is 70.7 Å². The van der Waals surface area contributed by atoms with Gasteiger partial charge in [0.2, 0.25) is 5.91 Å². The Morgan fingerprint density at radius 1 is 1.68 bits per heavy atom. The maximum absolute atomic E-state index is 12.0. The number of rotatable bonds is 4. The highest BCUT2D eigenvalue weighted by atomic mass is 35.5. The molecular weight excluding hydrogens is 284 g/mol. The molecule has 98 valence electrons. The number of thiophene rings is 1. The molecule has 0 saturated heterocycles. The molecule has 5 nitrogen and oxygen atoms in total. The standard InChI is InChI=1S/C12H11ClN4OS/c1-8(10-2-3-11(13)19-10)12(18)16-9-6-15-17(7-9)5-4-14/h2-3,6-8H,5H2,1H3,(H,16,18)/t8-/m1/s1. The van der Waals surface area contributed by atoms with Gasteiger partial charge < -0.3 is 5.32 Å². The van der Waals surface area contributed by atoms with Crippen LogP contribution in [-0.2, 0) is 11.3 Å². The van der Waals surface area contributed by atoms with Crippen LogP contribution < -0.4 is 5.32 Å². The third-order valence-electron chi connectivity index (χ3n) is 2.55. The van der Waals surface area contributed by atoms with E-state index in [0.29, 0.717) is 10.0 Å². The van der Waals surface area contributed by atoms with Crippen molar-refractivity contribution in [3.05, 3.63) is 33.7 Å². The van der Waals surface area contributed by atoms with E-state index in [1.807, 2.05) is 19.1 Å². The number of anilines is 1. The molecular formula is C12H11ClN4OS. The van der Waals surface area contributed by atoms with Crippen molar-refractivity contribution in [3.63, 3.8) is 0 Å². The second kappa shape index (κ2) is 5.87. The highest BCUT2D eigenvalue weighted by molar-refractivity contribution is 7.16. The first-order valence-corrected chi connectivity index (χ1v) is 6.75. The van der Waals surface area contributed by atoms with Crippen LogP contribution in [0.15, 0.2) is 24.5 Å². The fourth-order valence-corrected chi connectivity index (χ4v) is 2.64. The van der Waals surface area contributed by atoms with Crippen LogP contribution in [0.5, 0.6) is 0 Å². The van der Waals surface area contributed by atoms with Gasteiger partial charge in [-0.05, 0) is 19.1 Å². The van der Waals surface area contributed by atoms with Gasteiger partial charge in [-0.2, -0.15) is 10.4 Å². The molecule has 0 bridgehead atoms. The fourth-order valence-electron chi connectivity index (χ4n) is 1.53. The molecule has 0 aliphatic heterocycles. The predicted molar refractivity (Wildman–Crippen MR) is 74.2 cm³/mol. The fraction of sp³-hybridized carbons (Fsp3) is 0.250. The zero-order valence-electron chi connectivity index (χ0n) is 10.1. The quantitative estimate of drug-likeness (QED) is 0.942. The molecule has 0 radical (unpaired) electrons. The lowest BCUT2D eigenvalue weighted by molar-refractivity contribution is -0.117. The summed E-state index contributed by atoms with van der Waals surface area (Å²) >= 11 is 7.24. The smallest absolute Gasteiger partial charge is 0.232 e. The molecule has 1 N–H and O–H groups in total. The molecule has 0 fully saturated rings. The summed E-state index contributed by atoms with van der Waals surface area (Å²) in [6.45, 7) is 1.98. The summed E-state index contributed by atoms with van der Waals surface area (Å²) in [5.41, 5.74) is 0.578. The van der Waals surface area contributed by atoms with Gasteiger partial charge in [-0.1, -0.05) is 11.6 Å². The van der Waals surface area contributed by atoms with Crippen molar-refractivity contribution >= 4 is 34.5 Å². The molecule has 0 unspecified atom stereocenters. The van der Waals surface area contributed by atoms with Crippen molar-refractivity contribution in [1.82, 2.24) is 9.78 Å². The van der Waals surface area contributed by atoms with Gasteiger partial charge in [0.05, 0.1) is 28.2 Å². The number of nitriles is 1. The number of aromatic nitrogens is 2. The maximum atomic E-state index is 12.0. The minimum atomic E-state index is -0.281. The molecule has 7 heteroatoms. The second-order valence-electron chi connectivity index (χ2n) is 3.94. The average molecular weight is 295 g/mol. The molecule has 0 saturated carbocycles. The first-order valence-electron chi connectivity index (χ1n) is 5.55. The number of hydrogen-bond donors (Lipinski definition) is 1. The van der Waals surface area contributed by atoms with Gasteiger partial charge in [0.1, 0.15) is 6.54 Å². The third-order valence-corrected chi connectivity index (χ3v) is 3.96. The summed E-state index contributed by atoms with van der Waals surface area (Å²) in [6.07, 6.45) is 3.14. The molecule has 0 aromatic carbocycles. The Bertz CT molecular complexity index is 628. The highest BCUT2D eigenvalue weighted by Gasteiger charge is 2.17. The van der Waals surface area contributed by atoms with Gasteiger partial charge in [-0.25, -0.2) is 0 Å². The van der Waals surface area contributed by atoms with E-state index >= 15 is 0 Å². The van der Waals surface area contributed by atoms with Gasteiger partial charge in [0.15, 0.2) is 0 Å². The normalized spacial score (nSPS) is 11.8. The summed E-state index contributed by atoms with van der Waals surface area (Å²) in [4.78, 5) is 12.9. The van der Waals surface area contributed by atoms with Crippen molar-refractivity contribution in [2.75, 3.05) is 5.32 Å². The van der Waals surface area contributed by atoms with Crippen LogP contribution in [0.1, 0.15) is 17.7 Å². The van der Waals surface area contributed by atoms with E-state index in [9.17, 15) is 4.79 Å². The Hall–Kier alpha value is -1.84. The molecule has 2 aromatic rings. The Morgan fingerprint density at radius 2 is 2.47 bits per heavy atom. The number of halogens is 1. The molecule has 2 aromatic heterocycles. The van der Waals surface area contributed by atoms with Crippen LogP contribution in [0.4, 0.5) is 5.69 Å². The molecule has 1 atom stereocenters. The van der Waals surface area contributed by atoms with Crippen LogP contribution >= 0.6 is 22.9 Å². The van der Waals surface area contributed by atoms with Crippen molar-refractivity contribution in [1.29, 1.82) is 5.26 Å². The summed E-state index contributed by atoms with van der Waals surface area (Å²) < 4.78 is 2.12. The van der Waals surface area contributed by atoms with E-state index < -0.39 is 0 Å². The van der Waals surface area contributed by atoms with E-state index in [2.05, 4.69) is 10.4 Å². The van der Waals surface area contributed by atoms with Crippen LogP contribution in [0.2, 0.25) is 4.34 Å². The van der Waals surface area contributed by atoms with Crippen LogP contribution in [0, 0.1) is 11.3 Å². The summed E-state index contributed by atoms with van der Waals surface area (Å²) in [6, 6.07) is 5.59. The van der Waals surface area contributed by atoms with Crippen LogP contribution in [0.25, 0.3) is 0 Å². The van der Waals surface area contributed by atoms with E-state index in [1.54, 1.807) is 12.3 Å². The van der Waals surface area contributed by atoms with E-state index in [0.717, 1.165) is 4.88 Å². The van der Waals surface area contributed by atoms with Crippen molar-refractivity contribution in [2.45, 2.75) is 19.4 Å². The summed E-state index contributed by atoms with van der Waals surface area (Å²) in [5.74, 6) is -0.410. The molecule has 0 aliphatic carbocycles. The Morgan fingerprint density at radius 3 is 3.11 bits per heavy atom. The lowest BCUT2D eigenvalue weighted by Gasteiger charge is -2.08. The molecule has 2 heterocycles. The Labute approximate surface area is 119 Å². The lowest BCUT2D eigenvalue weighted by atomic mass is 10.1. The number of hydrogen-bond acceptors (Lipinski definition) is 4. The maximum Gasteiger partial charge on any atom is 0.232 e.